The van der Waals surface area contributed by atoms with E-state index in [0.29, 0.717) is 0 Å². The minimum atomic E-state index is -3.18. The van der Waals surface area contributed by atoms with Gasteiger partial charge in [0.15, 0.2) is 0 Å². The summed E-state index contributed by atoms with van der Waals surface area (Å²) in [6.45, 7) is -3.18. The van der Waals surface area contributed by atoms with Crippen molar-refractivity contribution >= 4 is 5.97 Å². The molecule has 0 unspecified atom stereocenters. The Labute approximate surface area is 79.7 Å². The van der Waals surface area contributed by atoms with Gasteiger partial charge in [0.1, 0.15) is 14.6 Å². The lowest BCUT2D eigenvalue weighted by Gasteiger charge is -2.05. The summed E-state index contributed by atoms with van der Waals surface area (Å²) in [6.07, 6.45) is 0. The van der Waals surface area contributed by atoms with E-state index in [4.69, 9.17) is 13.0 Å². The van der Waals surface area contributed by atoms with E-state index in [9.17, 15) is 4.79 Å². The van der Waals surface area contributed by atoms with Crippen molar-refractivity contribution in [2.24, 2.45) is 5.72 Å². The molecule has 3 nitrogen and oxygen atoms in total. The van der Waals surface area contributed by atoms with Crippen LogP contribution in [-0.4, -0.2) is 12.0 Å². The minimum absolute atomic E-state index is 0.0465. The van der Waals surface area contributed by atoms with E-state index in [1.54, 1.807) is 18.2 Å². The molecule has 0 spiro atoms. The van der Waals surface area contributed by atoms with Crippen molar-refractivity contribution < 1.29 is 17.8 Å². The first-order chi connectivity index (χ1) is 8.19. The third kappa shape index (κ3) is 2.36. The summed E-state index contributed by atoms with van der Waals surface area (Å²) in [4.78, 5) is 11.7. The van der Waals surface area contributed by atoms with Gasteiger partial charge in [-0.25, -0.2) is 4.79 Å². The molecule has 0 aliphatic rings. The van der Waals surface area contributed by atoms with Gasteiger partial charge in [0, 0.05) is 4.11 Å². The van der Waals surface area contributed by atoms with Crippen molar-refractivity contribution in [2.75, 3.05) is 0 Å². The molecule has 0 bridgehead atoms. The average Bonchev–Trinajstić information content (AvgIpc) is 2.27. The van der Waals surface area contributed by atoms with Crippen LogP contribution in [0.3, 0.4) is 0 Å². The lowest BCUT2D eigenvalue weighted by molar-refractivity contribution is -0.135. The Hall–Kier alpha value is -1.35. The number of carbonyl (C=O) groups is 1. The molecular formula is C9H11NO2. The second-order valence-corrected chi connectivity index (χ2v) is 2.05. The van der Waals surface area contributed by atoms with Gasteiger partial charge in [0.25, 0.3) is 0 Å². The van der Waals surface area contributed by atoms with Gasteiger partial charge in [-0.15, -0.1) is 0 Å². The maximum absolute atomic E-state index is 11.7. The van der Waals surface area contributed by atoms with Crippen LogP contribution in [0, 0.1) is 0 Å². The predicted octanol–water partition coefficient (Wildman–Crippen LogP) is 0.939. The number of rotatable bonds is 3. The van der Waals surface area contributed by atoms with Gasteiger partial charge in [-0.05, 0) is 19.0 Å². The summed E-state index contributed by atoms with van der Waals surface area (Å²) in [5.41, 5.74) is -0.481. The first-order valence-corrected chi connectivity index (χ1v) is 3.25. The fraction of sp³-hybridized carbons (Fsp3) is 0.222. The number of ether oxygens (including phenoxy) is 1. The van der Waals surface area contributed by atoms with Crippen LogP contribution in [-0.2, 0) is 4.79 Å². The topological polar surface area (TPSA) is 52.3 Å². The van der Waals surface area contributed by atoms with Crippen LogP contribution in [0.25, 0.3) is 0 Å². The summed E-state index contributed by atoms with van der Waals surface area (Å²) in [5.74, 6) is -1.45. The Kier molecular flexibility index (Phi) is 1.16. The SMILES string of the molecule is [2H]N([2H])[C@]([2H])(C(=O)Oc1ccccc1)C([2H])([2H])[2H]. The summed E-state index contributed by atoms with van der Waals surface area (Å²) in [7, 11) is 0. The number of esters is 1. The molecule has 1 aromatic rings. The van der Waals surface area contributed by atoms with E-state index >= 15 is 0 Å². The van der Waals surface area contributed by atoms with Crippen LogP contribution in [0.4, 0.5) is 0 Å². The van der Waals surface area contributed by atoms with E-state index in [-0.39, 0.29) is 5.75 Å². The summed E-state index contributed by atoms with van der Waals surface area (Å²) >= 11 is 0. The Morgan fingerprint density at radius 1 is 1.75 bits per heavy atom. The van der Waals surface area contributed by atoms with Gasteiger partial charge in [-0.3, -0.25) is 0 Å². The molecule has 0 aliphatic carbocycles. The quantitative estimate of drug-likeness (QED) is 0.544. The monoisotopic (exact) mass is 171 g/mol. The first kappa shape index (κ1) is 3.58. The largest absolute Gasteiger partial charge is 0.425 e. The average molecular weight is 171 g/mol. The van der Waals surface area contributed by atoms with Crippen molar-refractivity contribution in [1.82, 2.24) is 0 Å². The lowest BCUT2D eigenvalue weighted by atomic mass is 10.3. The van der Waals surface area contributed by atoms with Gasteiger partial charge in [0.05, 0.1) is 1.37 Å². The van der Waals surface area contributed by atoms with Gasteiger partial charge in [-0.1, -0.05) is 18.2 Å². The zero-order valence-electron chi connectivity index (χ0n) is 12.2. The van der Waals surface area contributed by atoms with E-state index < -0.39 is 24.6 Å². The predicted molar refractivity (Wildman–Crippen MR) is 45.7 cm³/mol. The molecule has 1 aromatic carbocycles. The van der Waals surface area contributed by atoms with Crippen LogP contribution in [0.15, 0.2) is 30.3 Å². The van der Waals surface area contributed by atoms with Crippen LogP contribution in [0.2, 0.25) is 2.82 Å². The second kappa shape index (κ2) is 3.88. The fourth-order valence-corrected chi connectivity index (χ4v) is 0.644. The number of benzene rings is 1. The number of para-hydroxylation sites is 1. The molecule has 0 aromatic heterocycles. The van der Waals surface area contributed by atoms with Crippen LogP contribution in [0.1, 0.15) is 12.3 Å². The smallest absolute Gasteiger partial charge is 0.328 e. The van der Waals surface area contributed by atoms with Crippen LogP contribution in [0.5, 0.6) is 5.75 Å². The highest BCUT2D eigenvalue weighted by atomic mass is 16.5. The van der Waals surface area contributed by atoms with Gasteiger partial charge < -0.3 is 10.5 Å². The molecule has 1 rings (SSSR count). The first-order valence-electron chi connectivity index (χ1n) is 6.14. The highest BCUT2D eigenvalue weighted by Gasteiger charge is 2.08. The van der Waals surface area contributed by atoms with Crippen molar-refractivity contribution in [2.45, 2.75) is 12.9 Å². The Morgan fingerprint density at radius 2 is 2.50 bits per heavy atom. The van der Waals surface area contributed by atoms with Crippen LogP contribution < -0.4 is 10.5 Å². The summed E-state index contributed by atoms with van der Waals surface area (Å²) in [5, 5.41) is 0. The summed E-state index contributed by atoms with van der Waals surface area (Å²) < 4.78 is 47.3. The van der Waals surface area contributed by atoms with Gasteiger partial charge in [0.2, 0.25) is 0 Å². The van der Waals surface area contributed by atoms with E-state index in [0.717, 1.165) is 0 Å². The fourth-order valence-electron chi connectivity index (χ4n) is 0.644. The normalized spacial score (nSPS) is 23.4. The van der Waals surface area contributed by atoms with Gasteiger partial charge in [-0.2, -0.15) is 0 Å². The highest BCUT2D eigenvalue weighted by molar-refractivity contribution is 5.77. The number of nitrogens with two attached hydrogens (primary N) is 1. The Bertz CT molecular complexity index is 421. The zero-order valence-corrected chi connectivity index (χ0v) is 6.15. The maximum Gasteiger partial charge on any atom is 0.328 e. The van der Waals surface area contributed by atoms with Crippen molar-refractivity contribution in [3.63, 3.8) is 0 Å². The molecule has 3 heteroatoms. The molecule has 64 valence electrons. The third-order valence-electron chi connectivity index (χ3n) is 1.15. The molecule has 1 atom stereocenters. The zero-order chi connectivity index (χ0) is 14.0. The molecule has 0 heterocycles. The summed E-state index contributed by atoms with van der Waals surface area (Å²) in [6, 6.07) is 4.48. The molecule has 0 aliphatic heterocycles. The number of hydrogen-bond donors (Lipinski definition) is 1. The molecule has 0 radical (unpaired) electrons. The second-order valence-electron chi connectivity index (χ2n) is 2.05. The van der Waals surface area contributed by atoms with E-state index in [1.807, 2.05) is 0 Å². The van der Waals surface area contributed by atoms with Crippen LogP contribution >= 0.6 is 0 Å². The van der Waals surface area contributed by atoms with Crippen molar-refractivity contribution in [1.29, 1.82) is 0 Å². The van der Waals surface area contributed by atoms with Gasteiger partial charge >= 0.3 is 5.97 Å². The Morgan fingerprint density at radius 3 is 3.08 bits per heavy atom. The number of hydrogen-bond acceptors (Lipinski definition) is 3. The number of carbonyl (C=O) groups excluding carboxylic acids is 1. The third-order valence-corrected chi connectivity index (χ3v) is 1.15. The molecule has 0 fully saturated rings. The molecule has 2 N–H and O–H groups in total. The molecule has 0 amide bonds. The Balaban J connectivity index is 2.99. The standard InChI is InChI=1S/C9H11NO2/c1-7(10)9(11)12-8-5-3-2-4-6-8/h2-7H,10H2,1H3/t7-/m0/s1/i1D3,7D/hD2. The molecule has 0 saturated heterocycles. The minimum Gasteiger partial charge on any atom is -0.425 e. The molecule has 0 saturated carbocycles. The van der Waals surface area contributed by atoms with E-state index in [1.165, 1.54) is 12.1 Å². The molecule has 12 heavy (non-hydrogen) atoms. The highest BCUT2D eigenvalue weighted by Crippen LogP contribution is 2.08. The van der Waals surface area contributed by atoms with Crippen molar-refractivity contribution in [3.8, 4) is 5.75 Å². The van der Waals surface area contributed by atoms with E-state index in [2.05, 4.69) is 0 Å². The van der Waals surface area contributed by atoms with Crippen molar-refractivity contribution in [3.05, 3.63) is 30.3 Å². The molecular weight excluding hydrogens is 154 g/mol. The maximum atomic E-state index is 11.7. The lowest BCUT2D eigenvalue weighted by Crippen LogP contribution is -2.30.